The number of hydrogen-bond donors (Lipinski definition) is 2. The van der Waals surface area contributed by atoms with Gasteiger partial charge in [0.25, 0.3) is 0 Å². The van der Waals surface area contributed by atoms with Crippen LogP contribution in [0.3, 0.4) is 0 Å². The highest BCUT2D eigenvalue weighted by atomic mass is 16.3. The van der Waals surface area contributed by atoms with Crippen LogP contribution in [0.15, 0.2) is 6.07 Å². The molecule has 2 atom stereocenters. The fourth-order valence-corrected chi connectivity index (χ4v) is 1.49. The van der Waals surface area contributed by atoms with E-state index in [2.05, 4.69) is 22.2 Å². The Morgan fingerprint density at radius 1 is 1.57 bits per heavy atom. The molecule has 1 aromatic heterocycles. The molecule has 0 bridgehead atoms. The van der Waals surface area contributed by atoms with Crippen molar-refractivity contribution in [1.82, 2.24) is 9.97 Å². The molecular formula is C10H15N3O. The highest BCUT2D eigenvalue weighted by Gasteiger charge is 2.32. The van der Waals surface area contributed by atoms with Crippen LogP contribution in [0, 0.1) is 12.8 Å². The van der Waals surface area contributed by atoms with Crippen LogP contribution in [0.2, 0.25) is 0 Å². The zero-order valence-electron chi connectivity index (χ0n) is 8.49. The molecule has 2 rings (SSSR count). The number of anilines is 1. The van der Waals surface area contributed by atoms with Gasteiger partial charge in [0, 0.05) is 17.8 Å². The molecule has 1 aliphatic rings. The van der Waals surface area contributed by atoms with Gasteiger partial charge >= 0.3 is 0 Å². The van der Waals surface area contributed by atoms with Crippen LogP contribution in [-0.4, -0.2) is 21.1 Å². The van der Waals surface area contributed by atoms with Crippen molar-refractivity contribution < 1.29 is 5.11 Å². The van der Waals surface area contributed by atoms with E-state index in [1.807, 2.05) is 13.0 Å². The molecule has 1 heterocycles. The molecule has 1 aliphatic carbocycles. The Kier molecular flexibility index (Phi) is 2.37. The van der Waals surface area contributed by atoms with E-state index in [1.54, 1.807) is 0 Å². The fourth-order valence-electron chi connectivity index (χ4n) is 1.49. The van der Waals surface area contributed by atoms with E-state index >= 15 is 0 Å². The first-order valence-electron chi connectivity index (χ1n) is 4.91. The first kappa shape index (κ1) is 9.40. The van der Waals surface area contributed by atoms with Gasteiger partial charge in [-0.15, -0.1) is 0 Å². The number of rotatable bonds is 3. The number of aromatic nitrogens is 2. The summed E-state index contributed by atoms with van der Waals surface area (Å²) in [5.74, 6) is 2.06. The Morgan fingerprint density at radius 3 is 2.86 bits per heavy atom. The summed E-state index contributed by atoms with van der Waals surface area (Å²) in [6.07, 6.45) is 1.21. The number of hydrogen-bond acceptors (Lipinski definition) is 4. The predicted octanol–water partition coefficient (Wildman–Crippen LogP) is 1.10. The third-order valence-corrected chi connectivity index (χ3v) is 2.48. The van der Waals surface area contributed by atoms with Crippen molar-refractivity contribution in [1.29, 1.82) is 0 Å². The average Bonchev–Trinajstić information content (AvgIpc) is 2.80. The van der Waals surface area contributed by atoms with Gasteiger partial charge in [0.2, 0.25) is 0 Å². The Bertz CT molecular complexity index is 340. The minimum atomic E-state index is -0.101. The lowest BCUT2D eigenvalue weighted by Crippen LogP contribution is -2.08. The van der Waals surface area contributed by atoms with Crippen LogP contribution in [0.1, 0.15) is 24.9 Å². The summed E-state index contributed by atoms with van der Waals surface area (Å²) >= 11 is 0. The third kappa shape index (κ3) is 2.01. The van der Waals surface area contributed by atoms with E-state index in [0.29, 0.717) is 11.9 Å². The van der Waals surface area contributed by atoms with Crippen molar-refractivity contribution in [2.45, 2.75) is 32.9 Å². The van der Waals surface area contributed by atoms with Crippen molar-refractivity contribution in [3.63, 3.8) is 0 Å². The number of aryl methyl sites for hydroxylation is 1. The standard InChI is InChI=1S/C10H15N3O/c1-6-3-8(6)12-9-4-7(2)11-10(5-14)13-9/h4,6,8,14H,3,5H2,1-2H3,(H,11,12,13). The van der Waals surface area contributed by atoms with Crippen LogP contribution in [0.25, 0.3) is 0 Å². The molecule has 4 heteroatoms. The predicted molar refractivity (Wildman–Crippen MR) is 53.9 cm³/mol. The first-order valence-corrected chi connectivity index (χ1v) is 4.91. The third-order valence-electron chi connectivity index (χ3n) is 2.48. The molecular weight excluding hydrogens is 178 g/mol. The lowest BCUT2D eigenvalue weighted by molar-refractivity contribution is 0.271. The van der Waals surface area contributed by atoms with Crippen LogP contribution in [-0.2, 0) is 6.61 Å². The Balaban J connectivity index is 2.12. The largest absolute Gasteiger partial charge is 0.388 e. The second-order valence-corrected chi connectivity index (χ2v) is 3.93. The monoisotopic (exact) mass is 193 g/mol. The normalized spacial score (nSPS) is 24.8. The highest BCUT2D eigenvalue weighted by molar-refractivity contribution is 5.38. The van der Waals surface area contributed by atoms with E-state index in [4.69, 9.17) is 5.11 Å². The number of aliphatic hydroxyl groups excluding tert-OH is 1. The molecule has 0 aromatic carbocycles. The van der Waals surface area contributed by atoms with Gasteiger partial charge in [0.05, 0.1) is 0 Å². The summed E-state index contributed by atoms with van der Waals surface area (Å²) < 4.78 is 0. The number of aliphatic hydroxyl groups is 1. The first-order chi connectivity index (χ1) is 6.69. The van der Waals surface area contributed by atoms with Gasteiger partial charge in [0.15, 0.2) is 5.82 Å². The van der Waals surface area contributed by atoms with E-state index in [9.17, 15) is 0 Å². The lowest BCUT2D eigenvalue weighted by atomic mass is 10.4. The van der Waals surface area contributed by atoms with Gasteiger partial charge in [-0.2, -0.15) is 0 Å². The topological polar surface area (TPSA) is 58.0 Å². The quantitative estimate of drug-likeness (QED) is 0.754. The summed E-state index contributed by atoms with van der Waals surface area (Å²) in [4.78, 5) is 8.29. The molecule has 0 saturated heterocycles. The summed E-state index contributed by atoms with van der Waals surface area (Å²) in [6, 6.07) is 2.46. The fraction of sp³-hybridized carbons (Fsp3) is 0.600. The van der Waals surface area contributed by atoms with Crippen LogP contribution in [0.5, 0.6) is 0 Å². The molecule has 1 saturated carbocycles. The summed E-state index contributed by atoms with van der Waals surface area (Å²) in [5.41, 5.74) is 0.889. The van der Waals surface area contributed by atoms with Crippen molar-refractivity contribution in [3.05, 3.63) is 17.6 Å². The van der Waals surface area contributed by atoms with Crippen molar-refractivity contribution in [3.8, 4) is 0 Å². The van der Waals surface area contributed by atoms with Crippen molar-refractivity contribution in [2.75, 3.05) is 5.32 Å². The smallest absolute Gasteiger partial charge is 0.156 e. The zero-order chi connectivity index (χ0) is 10.1. The lowest BCUT2D eigenvalue weighted by Gasteiger charge is -2.06. The molecule has 2 unspecified atom stereocenters. The second kappa shape index (κ2) is 3.53. The van der Waals surface area contributed by atoms with Gasteiger partial charge < -0.3 is 10.4 Å². The molecule has 0 radical (unpaired) electrons. The highest BCUT2D eigenvalue weighted by Crippen LogP contribution is 2.32. The van der Waals surface area contributed by atoms with Crippen molar-refractivity contribution in [2.24, 2.45) is 5.92 Å². The number of nitrogens with one attached hydrogen (secondary N) is 1. The molecule has 0 spiro atoms. The van der Waals surface area contributed by atoms with Gasteiger partial charge in [-0.05, 0) is 19.3 Å². The SMILES string of the molecule is Cc1cc(NC2CC2C)nc(CO)n1. The van der Waals surface area contributed by atoms with Crippen LogP contribution in [0.4, 0.5) is 5.82 Å². The molecule has 2 N–H and O–H groups in total. The van der Waals surface area contributed by atoms with E-state index in [-0.39, 0.29) is 6.61 Å². The van der Waals surface area contributed by atoms with Crippen LogP contribution >= 0.6 is 0 Å². The molecule has 0 amide bonds. The average molecular weight is 193 g/mol. The maximum absolute atomic E-state index is 8.94. The molecule has 14 heavy (non-hydrogen) atoms. The van der Waals surface area contributed by atoms with Crippen molar-refractivity contribution >= 4 is 5.82 Å². The second-order valence-electron chi connectivity index (χ2n) is 3.93. The van der Waals surface area contributed by atoms with Crippen LogP contribution < -0.4 is 5.32 Å². The maximum Gasteiger partial charge on any atom is 0.156 e. The molecule has 76 valence electrons. The molecule has 0 aliphatic heterocycles. The summed E-state index contributed by atoms with van der Waals surface area (Å²) in [5, 5.41) is 12.3. The van der Waals surface area contributed by atoms with Gasteiger partial charge in [-0.25, -0.2) is 9.97 Å². The van der Waals surface area contributed by atoms with Gasteiger partial charge in [-0.3, -0.25) is 0 Å². The Hall–Kier alpha value is -1.16. The van der Waals surface area contributed by atoms with E-state index in [1.165, 1.54) is 6.42 Å². The van der Waals surface area contributed by atoms with Gasteiger partial charge in [0.1, 0.15) is 12.4 Å². The zero-order valence-corrected chi connectivity index (χ0v) is 8.49. The van der Waals surface area contributed by atoms with E-state index < -0.39 is 0 Å². The van der Waals surface area contributed by atoms with Gasteiger partial charge in [-0.1, -0.05) is 6.92 Å². The minimum Gasteiger partial charge on any atom is -0.388 e. The molecule has 1 fully saturated rings. The molecule has 1 aromatic rings. The Morgan fingerprint density at radius 2 is 2.29 bits per heavy atom. The maximum atomic E-state index is 8.94. The van der Waals surface area contributed by atoms with E-state index in [0.717, 1.165) is 17.4 Å². The Labute approximate surface area is 83.4 Å². The minimum absolute atomic E-state index is 0.101. The molecule has 4 nitrogen and oxygen atoms in total. The number of nitrogens with zero attached hydrogens (tertiary/aromatic N) is 2. The summed E-state index contributed by atoms with van der Waals surface area (Å²) in [7, 11) is 0. The summed E-state index contributed by atoms with van der Waals surface area (Å²) in [6.45, 7) is 4.01.